The van der Waals surface area contributed by atoms with Crippen LogP contribution in [-0.4, -0.2) is 86.8 Å². The Labute approximate surface area is 383 Å². The Morgan fingerprint density at radius 2 is 1.79 bits per heavy atom. The van der Waals surface area contributed by atoms with Crippen LogP contribution in [0.15, 0.2) is 65.3 Å². The Bertz CT molecular complexity index is 2660. The molecule has 3 fully saturated rings. The van der Waals surface area contributed by atoms with Crippen LogP contribution in [0.1, 0.15) is 119 Å². The number of benzene rings is 2. The van der Waals surface area contributed by atoms with Crippen molar-refractivity contribution in [3.8, 4) is 11.3 Å². The van der Waals surface area contributed by atoms with Crippen LogP contribution >= 0.6 is 0 Å². The van der Waals surface area contributed by atoms with Crippen LogP contribution in [-0.2, 0) is 31.0 Å². The summed E-state index contributed by atoms with van der Waals surface area (Å²) in [5, 5.41) is 12.6. The van der Waals surface area contributed by atoms with Crippen LogP contribution in [0.25, 0.3) is 22.9 Å². The van der Waals surface area contributed by atoms with Crippen LogP contribution in [0.4, 0.5) is 21.7 Å². The largest absolute Gasteiger partial charge is 0.382 e. The molecule has 1 aliphatic carbocycles. The number of halogens is 1. The van der Waals surface area contributed by atoms with Gasteiger partial charge in [-0.2, -0.15) is 0 Å². The number of nitrogens with one attached hydrogen (secondary N) is 3. The van der Waals surface area contributed by atoms with Crippen molar-refractivity contribution < 1.29 is 28.1 Å². The van der Waals surface area contributed by atoms with Crippen molar-refractivity contribution >= 4 is 52.5 Å². The zero-order chi connectivity index (χ0) is 46.1. The number of nitrogens with two attached hydrogens (primary N) is 1. The maximum absolute atomic E-state index is 15.4. The van der Waals surface area contributed by atoms with Gasteiger partial charge in [-0.15, -0.1) is 0 Å². The minimum Gasteiger partial charge on any atom is -0.382 e. The lowest BCUT2D eigenvalue weighted by Crippen LogP contribution is -2.46. The first-order valence-electron chi connectivity index (χ1n) is 23.3. The van der Waals surface area contributed by atoms with Gasteiger partial charge in [0.05, 0.1) is 30.8 Å². The van der Waals surface area contributed by atoms with E-state index in [0.717, 1.165) is 97.7 Å². The zero-order valence-electron chi connectivity index (χ0n) is 37.9. The Kier molecular flexibility index (Phi) is 12.8. The van der Waals surface area contributed by atoms with Crippen molar-refractivity contribution in [1.29, 1.82) is 0 Å². The Morgan fingerprint density at radius 1 is 0.985 bits per heavy atom. The van der Waals surface area contributed by atoms with E-state index < -0.39 is 17.6 Å². The molecule has 5 N–H and O–H groups in total. The molecule has 1 saturated carbocycles. The molecule has 16 heteroatoms. The van der Waals surface area contributed by atoms with Gasteiger partial charge in [0.2, 0.25) is 23.6 Å². The number of aromatic nitrogens is 4. The molecule has 3 atom stereocenters. The van der Waals surface area contributed by atoms with Crippen molar-refractivity contribution in [2.75, 3.05) is 48.7 Å². The van der Waals surface area contributed by atoms with Gasteiger partial charge in [-0.1, -0.05) is 68.8 Å². The number of carbonyl (C=O) groups excluding carboxylic acids is 4. The van der Waals surface area contributed by atoms with E-state index in [2.05, 4.69) is 52.4 Å². The fraction of sp³-hybridized carbons (Fsp3) is 0.460. The first kappa shape index (κ1) is 44.8. The topological polar surface area (TPSA) is 193 Å². The lowest BCUT2D eigenvalue weighted by Gasteiger charge is -2.36. The molecule has 5 aromatic rings. The fourth-order valence-electron chi connectivity index (χ4n) is 10.1. The number of imide groups is 1. The van der Waals surface area contributed by atoms with E-state index >= 15 is 4.39 Å². The summed E-state index contributed by atoms with van der Waals surface area (Å²) in [5.74, 6) is 0.764. The number of hydrogen-bond acceptors (Lipinski definition) is 11. The van der Waals surface area contributed by atoms with Crippen molar-refractivity contribution in [1.82, 2.24) is 35.1 Å². The molecule has 2 aromatic carbocycles. The molecule has 9 rings (SSSR count). The molecule has 0 spiro atoms. The van der Waals surface area contributed by atoms with Gasteiger partial charge in [-0.05, 0) is 74.6 Å². The van der Waals surface area contributed by atoms with Gasteiger partial charge in [-0.25, -0.2) is 14.4 Å². The minimum atomic E-state index is -0.664. The van der Waals surface area contributed by atoms with E-state index in [1.54, 1.807) is 12.1 Å². The molecular weight excluding hydrogens is 840 g/mol. The Morgan fingerprint density at radius 3 is 2.53 bits per heavy atom. The number of nitrogen functional groups attached to an aromatic ring is 1. The quantitative estimate of drug-likeness (QED) is 0.119. The van der Waals surface area contributed by atoms with E-state index in [1.165, 1.54) is 6.07 Å². The molecule has 2 saturated heterocycles. The second-order valence-electron chi connectivity index (χ2n) is 19.5. The molecule has 4 amide bonds. The standard InChI is InChI=1S/C50H59FN10O5/c1-50(2,3)40-26-41(58-66-40)55-43(63)23-30-10-12-32(13-11-30)45-46-47(52)53-27-36-9-4-5-20-59(29-44(64)54-34-8-6-7-33(24-34)48(57-45)61(36)46)28-31-18-21-60(22-19-31)35-14-15-37(39(51)25-35)38-16-17-42(62)56-49(38)65/h4,9-15,25-27,31,33-34,38H,5-8,16-24,28-29H2,1-3H3,(H2,52,53)(H,54,64)(H,55,58,63)(H,56,62,65)/b9-4+/t33-,34-,38?/m1/s1. The summed E-state index contributed by atoms with van der Waals surface area (Å²) in [7, 11) is 0. The van der Waals surface area contributed by atoms with E-state index in [1.807, 2.05) is 57.3 Å². The van der Waals surface area contributed by atoms with Gasteiger partial charge in [0.15, 0.2) is 5.82 Å². The second kappa shape index (κ2) is 18.8. The maximum Gasteiger partial charge on any atom is 0.234 e. The molecule has 66 heavy (non-hydrogen) atoms. The molecule has 346 valence electrons. The smallest absolute Gasteiger partial charge is 0.234 e. The predicted molar refractivity (Wildman–Crippen MR) is 250 cm³/mol. The van der Waals surface area contributed by atoms with Crippen LogP contribution in [0, 0.1) is 11.7 Å². The maximum atomic E-state index is 15.4. The zero-order valence-corrected chi connectivity index (χ0v) is 37.9. The summed E-state index contributed by atoms with van der Waals surface area (Å²) >= 11 is 0. The van der Waals surface area contributed by atoms with Gasteiger partial charge in [0.25, 0.3) is 0 Å². The second-order valence-corrected chi connectivity index (χ2v) is 19.5. The van der Waals surface area contributed by atoms with Crippen molar-refractivity contribution in [3.63, 3.8) is 0 Å². The summed E-state index contributed by atoms with van der Waals surface area (Å²) in [4.78, 5) is 65.2. The van der Waals surface area contributed by atoms with Crippen LogP contribution in [0.3, 0.4) is 0 Å². The van der Waals surface area contributed by atoms with Crippen molar-refractivity contribution in [2.45, 2.75) is 108 Å². The number of carbonyl (C=O) groups is 4. The Hall–Kier alpha value is -6.42. The Balaban J connectivity index is 0.886. The monoisotopic (exact) mass is 898 g/mol. The average Bonchev–Trinajstić information content (AvgIpc) is 3.93. The van der Waals surface area contributed by atoms with Crippen molar-refractivity contribution in [2.24, 2.45) is 5.92 Å². The van der Waals surface area contributed by atoms with Crippen LogP contribution in [0.2, 0.25) is 0 Å². The molecule has 15 nitrogen and oxygen atoms in total. The SMILES string of the molecule is CC(C)(C)c1cc(NC(=O)Cc2ccc(-c3nc4n5c(cnc(N)c35)/C=C/CCN(CC3CCN(c5ccc(C6CCC(=O)NC6=O)c(F)c5)CC3)CC(=O)N[C@@H]3CCC[C@@H]4C3)cc2)no1. The van der Waals surface area contributed by atoms with Crippen LogP contribution in [0.5, 0.6) is 0 Å². The molecule has 2 bridgehead atoms. The summed E-state index contributed by atoms with van der Waals surface area (Å²) in [6, 6.07) is 14.6. The number of piperidine rings is 2. The number of nitrogens with zero attached hydrogens (tertiary/aromatic N) is 6. The predicted octanol–water partition coefficient (Wildman–Crippen LogP) is 6.88. The van der Waals surface area contributed by atoms with E-state index in [0.29, 0.717) is 54.8 Å². The highest BCUT2D eigenvalue weighted by atomic mass is 19.1. The summed E-state index contributed by atoms with van der Waals surface area (Å²) in [6.45, 7) is 9.35. The third-order valence-electron chi connectivity index (χ3n) is 13.6. The molecule has 1 unspecified atom stereocenters. The van der Waals surface area contributed by atoms with E-state index in [9.17, 15) is 19.2 Å². The fourth-order valence-corrected chi connectivity index (χ4v) is 10.1. The molecule has 3 aliphatic heterocycles. The molecule has 0 radical (unpaired) electrons. The molecular formula is C50H59FN10O5. The summed E-state index contributed by atoms with van der Waals surface area (Å²) in [6.07, 6.45) is 12.7. The van der Waals surface area contributed by atoms with E-state index in [4.69, 9.17) is 15.2 Å². The van der Waals surface area contributed by atoms with Gasteiger partial charge in [0, 0.05) is 72.9 Å². The lowest BCUT2D eigenvalue weighted by molar-refractivity contribution is -0.134. The normalized spacial score (nSPS) is 21.8. The van der Waals surface area contributed by atoms with Crippen molar-refractivity contribution in [3.05, 3.63) is 95.0 Å². The highest BCUT2D eigenvalue weighted by Gasteiger charge is 2.33. The summed E-state index contributed by atoms with van der Waals surface area (Å²) in [5.41, 5.74) is 11.6. The minimum absolute atomic E-state index is 0.00255. The number of imidazole rings is 1. The molecule has 4 aliphatic rings. The number of amides is 4. The van der Waals surface area contributed by atoms with E-state index in [-0.39, 0.29) is 47.9 Å². The first-order valence-corrected chi connectivity index (χ1v) is 23.3. The average molecular weight is 899 g/mol. The number of fused-ring (bicyclic) bond motifs is 3. The molecule has 6 heterocycles. The first-order chi connectivity index (χ1) is 31.7. The highest BCUT2D eigenvalue weighted by molar-refractivity contribution is 6.01. The molecule has 3 aromatic heterocycles. The number of rotatable bonds is 8. The van der Waals surface area contributed by atoms with Gasteiger partial charge >= 0.3 is 0 Å². The summed E-state index contributed by atoms with van der Waals surface area (Å²) < 4.78 is 22.9. The third kappa shape index (κ3) is 9.88. The number of anilines is 3. The third-order valence-corrected chi connectivity index (χ3v) is 13.6. The van der Waals surface area contributed by atoms with Crippen LogP contribution < -0.4 is 26.6 Å². The van der Waals surface area contributed by atoms with Gasteiger partial charge < -0.3 is 25.8 Å². The van der Waals surface area contributed by atoms with Gasteiger partial charge in [0.1, 0.15) is 34.4 Å². The highest BCUT2D eigenvalue weighted by Crippen LogP contribution is 2.39. The lowest BCUT2D eigenvalue weighted by atomic mass is 9.85. The van der Waals surface area contributed by atoms with Gasteiger partial charge in [-0.3, -0.25) is 33.8 Å². The number of hydrogen-bond donors (Lipinski definition) is 4.